The fraction of sp³-hybridized carbons (Fsp3) is 0.400. The molecular weight excluding hydrogens is 372 g/mol. The van der Waals surface area contributed by atoms with Crippen LogP contribution in [0.15, 0.2) is 47.4 Å². The first-order chi connectivity index (χ1) is 12.8. The van der Waals surface area contributed by atoms with Crippen molar-refractivity contribution in [3.8, 4) is 5.75 Å². The van der Waals surface area contributed by atoms with Gasteiger partial charge in [0, 0.05) is 12.6 Å². The number of benzene rings is 2. The molecule has 1 aliphatic carbocycles. The average Bonchev–Trinajstić information content (AvgIpc) is 3.51. The molecule has 0 spiro atoms. The number of ether oxygens (including phenoxy) is 1. The fourth-order valence-corrected chi connectivity index (χ4v) is 3.87. The lowest BCUT2D eigenvalue weighted by molar-refractivity contribution is 0.234. The van der Waals surface area contributed by atoms with Gasteiger partial charge in [-0.25, -0.2) is 8.42 Å². The van der Waals surface area contributed by atoms with E-state index in [1.165, 1.54) is 43.7 Å². The lowest BCUT2D eigenvalue weighted by Gasteiger charge is -2.17. The summed E-state index contributed by atoms with van der Waals surface area (Å²) in [5.41, 5.74) is 3.29. The maximum Gasteiger partial charge on any atom is 0.341 e. The van der Waals surface area contributed by atoms with Gasteiger partial charge in [-0.2, -0.15) is 8.78 Å². The Morgan fingerprint density at radius 3 is 2.37 bits per heavy atom. The average molecular weight is 395 g/mol. The summed E-state index contributed by atoms with van der Waals surface area (Å²) >= 11 is 0. The number of alkyl halides is 2. The summed E-state index contributed by atoms with van der Waals surface area (Å²) in [7, 11) is -3.44. The number of halogens is 2. The molecule has 4 nitrogen and oxygen atoms in total. The molecular formula is C20H23F2NO3S. The second-order valence-corrected chi connectivity index (χ2v) is 8.72. The van der Waals surface area contributed by atoms with E-state index in [0.29, 0.717) is 6.54 Å². The molecule has 0 saturated heterocycles. The zero-order valence-electron chi connectivity index (χ0n) is 15.3. The summed E-state index contributed by atoms with van der Waals surface area (Å²) < 4.78 is 54.1. The van der Waals surface area contributed by atoms with Gasteiger partial charge in [-0.05, 0) is 54.5 Å². The van der Waals surface area contributed by atoms with Gasteiger partial charge in [0.05, 0.1) is 7.11 Å². The van der Waals surface area contributed by atoms with Gasteiger partial charge in [-0.3, -0.25) is 0 Å². The van der Waals surface area contributed by atoms with Crippen molar-refractivity contribution in [1.29, 1.82) is 0 Å². The standard InChI is InChI=1S/C20H23F2NO3S/c1-13(23-12-14-3-5-15(6-4-14)16-7-8-16)17-9-10-19(18(11-17)26-2)27(24,25)20(21)22/h3-6,9-11,13,16,20,23H,7-8,12H2,1-2H3. The van der Waals surface area contributed by atoms with E-state index in [9.17, 15) is 17.2 Å². The van der Waals surface area contributed by atoms with Crippen molar-refractivity contribution in [3.63, 3.8) is 0 Å². The molecule has 0 amide bonds. The van der Waals surface area contributed by atoms with Crippen LogP contribution in [0, 0.1) is 0 Å². The van der Waals surface area contributed by atoms with Crippen LogP contribution in [0.1, 0.15) is 48.4 Å². The molecule has 1 fully saturated rings. The molecule has 2 aromatic carbocycles. The maximum absolute atomic E-state index is 12.8. The van der Waals surface area contributed by atoms with Crippen LogP contribution in [0.25, 0.3) is 0 Å². The van der Waals surface area contributed by atoms with E-state index in [1.807, 2.05) is 6.92 Å². The van der Waals surface area contributed by atoms with Crippen LogP contribution in [-0.2, 0) is 16.4 Å². The van der Waals surface area contributed by atoms with E-state index in [-0.39, 0.29) is 11.8 Å². The Hall–Kier alpha value is -1.99. The Morgan fingerprint density at radius 1 is 1.15 bits per heavy atom. The topological polar surface area (TPSA) is 55.4 Å². The van der Waals surface area contributed by atoms with Gasteiger partial charge in [0.2, 0.25) is 9.84 Å². The second kappa shape index (κ2) is 7.94. The molecule has 1 aliphatic rings. The number of rotatable bonds is 8. The van der Waals surface area contributed by atoms with Crippen LogP contribution in [0.4, 0.5) is 8.78 Å². The van der Waals surface area contributed by atoms with Crippen molar-refractivity contribution >= 4 is 9.84 Å². The van der Waals surface area contributed by atoms with Crippen molar-refractivity contribution in [3.05, 3.63) is 59.2 Å². The number of hydrogen-bond donors (Lipinski definition) is 1. The summed E-state index contributed by atoms with van der Waals surface area (Å²) in [5.74, 6) is -2.83. The van der Waals surface area contributed by atoms with E-state index in [1.54, 1.807) is 0 Å². The Balaban J connectivity index is 1.69. The molecule has 1 N–H and O–H groups in total. The van der Waals surface area contributed by atoms with Gasteiger partial charge in [0.15, 0.2) is 0 Å². The van der Waals surface area contributed by atoms with Crippen molar-refractivity contribution in [2.45, 2.75) is 48.9 Å². The van der Waals surface area contributed by atoms with Crippen LogP contribution in [0.3, 0.4) is 0 Å². The third kappa shape index (κ3) is 4.47. The van der Waals surface area contributed by atoms with E-state index in [0.717, 1.165) is 17.0 Å². The zero-order valence-corrected chi connectivity index (χ0v) is 16.1. The summed E-state index contributed by atoms with van der Waals surface area (Å²) in [5, 5.41) is 3.36. The Bertz CT molecular complexity index is 894. The first-order valence-electron chi connectivity index (χ1n) is 8.85. The van der Waals surface area contributed by atoms with Gasteiger partial charge >= 0.3 is 5.76 Å². The number of nitrogens with one attached hydrogen (secondary N) is 1. The highest BCUT2D eigenvalue weighted by atomic mass is 32.2. The molecule has 0 heterocycles. The van der Waals surface area contributed by atoms with Crippen LogP contribution in [-0.4, -0.2) is 21.3 Å². The van der Waals surface area contributed by atoms with Crippen molar-refractivity contribution < 1.29 is 21.9 Å². The van der Waals surface area contributed by atoms with Crippen LogP contribution < -0.4 is 10.1 Å². The smallest absolute Gasteiger partial charge is 0.341 e. The highest BCUT2D eigenvalue weighted by molar-refractivity contribution is 7.91. The van der Waals surface area contributed by atoms with Gasteiger partial charge < -0.3 is 10.1 Å². The van der Waals surface area contributed by atoms with Crippen LogP contribution in [0.2, 0.25) is 0 Å². The minimum Gasteiger partial charge on any atom is -0.495 e. The third-order valence-corrected chi connectivity index (χ3v) is 6.29. The minimum atomic E-state index is -4.70. The second-order valence-electron chi connectivity index (χ2n) is 6.83. The highest BCUT2D eigenvalue weighted by Gasteiger charge is 2.30. The molecule has 0 radical (unpaired) electrons. The molecule has 1 unspecified atom stereocenters. The summed E-state index contributed by atoms with van der Waals surface area (Å²) in [6, 6.07) is 12.6. The maximum atomic E-state index is 12.8. The van der Waals surface area contributed by atoms with Crippen LogP contribution >= 0.6 is 0 Å². The number of hydrogen-bond acceptors (Lipinski definition) is 4. The Kier molecular flexibility index (Phi) is 5.81. The largest absolute Gasteiger partial charge is 0.495 e. The lowest BCUT2D eigenvalue weighted by atomic mass is 10.1. The highest BCUT2D eigenvalue weighted by Crippen LogP contribution is 2.39. The van der Waals surface area contributed by atoms with Crippen molar-refractivity contribution in [1.82, 2.24) is 5.32 Å². The van der Waals surface area contributed by atoms with E-state index >= 15 is 0 Å². The molecule has 146 valence electrons. The molecule has 0 bridgehead atoms. The molecule has 0 aliphatic heterocycles. The zero-order chi connectivity index (χ0) is 19.6. The molecule has 2 aromatic rings. The Labute approximate surface area is 158 Å². The molecule has 7 heteroatoms. The monoisotopic (exact) mass is 395 g/mol. The summed E-state index contributed by atoms with van der Waals surface area (Å²) in [6.07, 6.45) is 2.54. The van der Waals surface area contributed by atoms with E-state index in [4.69, 9.17) is 4.74 Å². The van der Waals surface area contributed by atoms with Gasteiger partial charge in [0.1, 0.15) is 10.6 Å². The van der Waals surface area contributed by atoms with Crippen molar-refractivity contribution in [2.24, 2.45) is 0 Å². The predicted molar refractivity (Wildman–Crippen MR) is 99.9 cm³/mol. The molecule has 27 heavy (non-hydrogen) atoms. The lowest BCUT2D eigenvalue weighted by Crippen LogP contribution is -2.19. The molecule has 3 rings (SSSR count). The van der Waals surface area contributed by atoms with Gasteiger partial charge in [-0.15, -0.1) is 0 Å². The predicted octanol–water partition coefficient (Wildman–Crippen LogP) is 4.42. The van der Waals surface area contributed by atoms with E-state index in [2.05, 4.69) is 29.6 Å². The number of methoxy groups -OCH3 is 1. The summed E-state index contributed by atoms with van der Waals surface area (Å²) in [6.45, 7) is 2.57. The SMILES string of the molecule is COc1cc(C(C)NCc2ccc(C3CC3)cc2)ccc1S(=O)(=O)C(F)F. The number of sulfone groups is 1. The quantitative estimate of drug-likeness (QED) is 0.719. The molecule has 1 atom stereocenters. The normalized spacial score (nSPS) is 15.7. The fourth-order valence-electron chi connectivity index (χ4n) is 3.00. The molecule has 0 aromatic heterocycles. The molecule has 1 saturated carbocycles. The van der Waals surface area contributed by atoms with Gasteiger partial charge in [0.25, 0.3) is 0 Å². The first kappa shape index (κ1) is 19.8. The third-order valence-electron chi connectivity index (χ3n) is 4.87. The van der Waals surface area contributed by atoms with Crippen LogP contribution in [0.5, 0.6) is 5.75 Å². The first-order valence-corrected chi connectivity index (χ1v) is 10.4. The van der Waals surface area contributed by atoms with E-state index < -0.39 is 20.5 Å². The Morgan fingerprint density at radius 2 is 1.81 bits per heavy atom. The van der Waals surface area contributed by atoms with Crippen molar-refractivity contribution in [2.75, 3.05) is 7.11 Å². The van der Waals surface area contributed by atoms with Gasteiger partial charge in [-0.1, -0.05) is 30.3 Å². The summed E-state index contributed by atoms with van der Waals surface area (Å²) in [4.78, 5) is -0.494. The minimum absolute atomic E-state index is 0.0739.